The average Bonchev–Trinajstić information content (AvgIpc) is 2.73. The van der Waals surface area contributed by atoms with Crippen molar-refractivity contribution in [1.82, 2.24) is 4.90 Å². The van der Waals surface area contributed by atoms with E-state index in [0.29, 0.717) is 6.04 Å². The van der Waals surface area contributed by atoms with Gasteiger partial charge in [0.05, 0.1) is 0 Å². The lowest BCUT2D eigenvalue weighted by atomic mass is 10.5. The van der Waals surface area contributed by atoms with Gasteiger partial charge in [0.15, 0.2) is 0 Å². The van der Waals surface area contributed by atoms with Crippen molar-refractivity contribution < 1.29 is 5.21 Å². The third-order valence-corrected chi connectivity index (χ3v) is 1.73. The largest absolute Gasteiger partial charge is 0.408 e. The van der Waals surface area contributed by atoms with Gasteiger partial charge < -0.3 is 15.8 Å². The van der Waals surface area contributed by atoms with Crippen molar-refractivity contribution in [3.63, 3.8) is 0 Å². The number of nitrogens with two attached hydrogens (primary N) is 1. The van der Waals surface area contributed by atoms with Gasteiger partial charge in [-0.3, -0.25) is 0 Å². The summed E-state index contributed by atoms with van der Waals surface area (Å²) in [6, 6.07) is 0.529. The van der Waals surface area contributed by atoms with E-state index in [-0.39, 0.29) is 5.96 Å². The maximum atomic E-state index is 8.33. The summed E-state index contributed by atoms with van der Waals surface area (Å²) < 4.78 is 0. The highest BCUT2D eigenvalue weighted by Crippen LogP contribution is 2.25. The molecule has 0 bridgehead atoms. The Morgan fingerprint density at radius 2 is 2.40 bits per heavy atom. The number of oxime groups is 1. The summed E-state index contributed by atoms with van der Waals surface area (Å²) in [7, 11) is 0. The summed E-state index contributed by atoms with van der Waals surface area (Å²) in [6.45, 7) is 2.82. The van der Waals surface area contributed by atoms with E-state index in [1.165, 1.54) is 12.8 Å². The van der Waals surface area contributed by atoms with Crippen LogP contribution in [0.5, 0.6) is 0 Å². The Balaban J connectivity index is 2.46. The summed E-state index contributed by atoms with van der Waals surface area (Å²) in [4.78, 5) is 1.90. The predicted molar refractivity (Wildman–Crippen MR) is 38.8 cm³/mol. The third-order valence-electron chi connectivity index (χ3n) is 1.73. The lowest BCUT2D eigenvalue weighted by molar-refractivity contribution is 0.297. The van der Waals surface area contributed by atoms with Crippen molar-refractivity contribution in [3.8, 4) is 0 Å². The molecule has 0 atom stereocenters. The maximum Gasteiger partial charge on any atom is 0.233 e. The zero-order chi connectivity index (χ0) is 7.56. The van der Waals surface area contributed by atoms with Crippen molar-refractivity contribution in [2.75, 3.05) is 6.54 Å². The highest BCUT2D eigenvalue weighted by molar-refractivity contribution is 5.77. The second kappa shape index (κ2) is 2.77. The van der Waals surface area contributed by atoms with Gasteiger partial charge in [-0.2, -0.15) is 0 Å². The topological polar surface area (TPSA) is 61.8 Å². The van der Waals surface area contributed by atoms with E-state index < -0.39 is 0 Å². The van der Waals surface area contributed by atoms with E-state index in [2.05, 4.69) is 5.16 Å². The molecule has 4 heteroatoms. The van der Waals surface area contributed by atoms with E-state index in [0.717, 1.165) is 6.54 Å². The molecule has 0 aliphatic heterocycles. The fourth-order valence-corrected chi connectivity index (χ4v) is 1.05. The molecule has 0 radical (unpaired) electrons. The minimum Gasteiger partial charge on any atom is -0.408 e. The molecule has 1 saturated carbocycles. The van der Waals surface area contributed by atoms with Gasteiger partial charge in [0, 0.05) is 12.6 Å². The van der Waals surface area contributed by atoms with Crippen LogP contribution in [0.15, 0.2) is 5.16 Å². The summed E-state index contributed by atoms with van der Waals surface area (Å²) >= 11 is 0. The molecule has 1 fully saturated rings. The number of nitrogens with zero attached hydrogens (tertiary/aromatic N) is 2. The van der Waals surface area contributed by atoms with Gasteiger partial charge in [-0.05, 0) is 19.8 Å². The van der Waals surface area contributed by atoms with Crippen LogP contribution < -0.4 is 5.73 Å². The van der Waals surface area contributed by atoms with Crippen molar-refractivity contribution in [3.05, 3.63) is 0 Å². The molecule has 0 heterocycles. The highest BCUT2D eigenvalue weighted by Gasteiger charge is 2.29. The first kappa shape index (κ1) is 7.18. The van der Waals surface area contributed by atoms with E-state index in [1.54, 1.807) is 0 Å². The SMILES string of the molecule is CCN(C(N)=NO)C1CC1. The lowest BCUT2D eigenvalue weighted by Gasteiger charge is -2.19. The van der Waals surface area contributed by atoms with Gasteiger partial charge >= 0.3 is 0 Å². The van der Waals surface area contributed by atoms with Crippen molar-refractivity contribution in [2.24, 2.45) is 10.9 Å². The second-order valence-electron chi connectivity index (χ2n) is 2.48. The first-order valence-electron chi connectivity index (χ1n) is 3.53. The monoisotopic (exact) mass is 143 g/mol. The Labute approximate surface area is 60.3 Å². The molecule has 0 amide bonds. The standard InChI is InChI=1S/C6H13N3O/c1-2-9(5-3-4-5)6(7)8-10/h5,10H,2-4H2,1H3,(H2,7,8). The zero-order valence-electron chi connectivity index (χ0n) is 6.12. The van der Waals surface area contributed by atoms with Crippen LogP contribution in [0.4, 0.5) is 0 Å². The molecule has 1 aliphatic carbocycles. The lowest BCUT2D eigenvalue weighted by Crippen LogP contribution is -2.38. The minimum atomic E-state index is 0.241. The molecule has 4 nitrogen and oxygen atoms in total. The van der Waals surface area contributed by atoms with Gasteiger partial charge in [-0.1, -0.05) is 5.16 Å². The van der Waals surface area contributed by atoms with E-state index in [1.807, 2.05) is 11.8 Å². The number of guanidine groups is 1. The van der Waals surface area contributed by atoms with Crippen LogP contribution in [-0.2, 0) is 0 Å². The van der Waals surface area contributed by atoms with Crippen LogP contribution in [0.25, 0.3) is 0 Å². The minimum absolute atomic E-state index is 0.241. The summed E-state index contributed by atoms with van der Waals surface area (Å²) in [6.07, 6.45) is 2.34. The molecule has 0 aromatic rings. The fourth-order valence-electron chi connectivity index (χ4n) is 1.05. The summed E-state index contributed by atoms with van der Waals surface area (Å²) in [5.74, 6) is 0.241. The van der Waals surface area contributed by atoms with Crippen LogP contribution in [-0.4, -0.2) is 28.7 Å². The number of hydrogen-bond acceptors (Lipinski definition) is 2. The first-order chi connectivity index (χ1) is 4.79. The highest BCUT2D eigenvalue weighted by atomic mass is 16.4. The quantitative estimate of drug-likeness (QED) is 0.251. The van der Waals surface area contributed by atoms with Gasteiger partial charge in [-0.25, -0.2) is 0 Å². The molecule has 10 heavy (non-hydrogen) atoms. The number of rotatable bonds is 2. The Kier molecular flexibility index (Phi) is 1.99. The second-order valence-corrected chi connectivity index (χ2v) is 2.48. The molecule has 0 unspecified atom stereocenters. The number of hydrogen-bond donors (Lipinski definition) is 2. The van der Waals surface area contributed by atoms with E-state index in [9.17, 15) is 0 Å². The molecule has 58 valence electrons. The van der Waals surface area contributed by atoms with Crippen LogP contribution >= 0.6 is 0 Å². The molecular weight excluding hydrogens is 130 g/mol. The average molecular weight is 143 g/mol. The van der Waals surface area contributed by atoms with Crippen LogP contribution in [0.2, 0.25) is 0 Å². The van der Waals surface area contributed by atoms with Gasteiger partial charge in [0.1, 0.15) is 0 Å². The van der Waals surface area contributed by atoms with E-state index >= 15 is 0 Å². The normalized spacial score (nSPS) is 19.1. The van der Waals surface area contributed by atoms with E-state index in [4.69, 9.17) is 10.9 Å². The predicted octanol–water partition coefficient (Wildman–Crippen LogP) is 0.175. The van der Waals surface area contributed by atoms with Gasteiger partial charge in [0.25, 0.3) is 0 Å². The van der Waals surface area contributed by atoms with Crippen LogP contribution in [0.3, 0.4) is 0 Å². The Bertz CT molecular complexity index is 142. The summed E-state index contributed by atoms with van der Waals surface area (Å²) in [5, 5.41) is 11.3. The van der Waals surface area contributed by atoms with Gasteiger partial charge in [0.2, 0.25) is 5.96 Å². The third kappa shape index (κ3) is 1.32. The molecular formula is C6H13N3O. The first-order valence-corrected chi connectivity index (χ1v) is 3.53. The molecule has 1 aliphatic rings. The molecule has 1 rings (SSSR count). The zero-order valence-corrected chi connectivity index (χ0v) is 6.12. The Morgan fingerprint density at radius 1 is 1.80 bits per heavy atom. The summed E-state index contributed by atoms with van der Waals surface area (Å²) in [5.41, 5.74) is 5.39. The Morgan fingerprint density at radius 3 is 2.70 bits per heavy atom. The molecule has 0 aromatic carbocycles. The van der Waals surface area contributed by atoms with Crippen molar-refractivity contribution >= 4 is 5.96 Å². The van der Waals surface area contributed by atoms with Crippen LogP contribution in [0, 0.1) is 0 Å². The Hall–Kier alpha value is -0.930. The molecule has 0 saturated heterocycles. The van der Waals surface area contributed by atoms with Crippen molar-refractivity contribution in [1.29, 1.82) is 0 Å². The maximum absolute atomic E-state index is 8.33. The molecule has 0 aromatic heterocycles. The van der Waals surface area contributed by atoms with Crippen LogP contribution in [0.1, 0.15) is 19.8 Å². The molecule has 3 N–H and O–H groups in total. The van der Waals surface area contributed by atoms with Gasteiger partial charge in [-0.15, -0.1) is 0 Å². The molecule has 0 spiro atoms. The van der Waals surface area contributed by atoms with Crippen molar-refractivity contribution in [2.45, 2.75) is 25.8 Å². The smallest absolute Gasteiger partial charge is 0.233 e. The fraction of sp³-hybridized carbons (Fsp3) is 0.833.